The number of halogens is 1. The summed E-state index contributed by atoms with van der Waals surface area (Å²) in [5, 5.41) is 3.49. The quantitative estimate of drug-likeness (QED) is 0.694. The lowest BCUT2D eigenvalue weighted by Crippen LogP contribution is -2.27. The molecule has 0 heterocycles. The lowest BCUT2D eigenvalue weighted by Gasteiger charge is -2.14. The number of amides is 1. The second kappa shape index (κ2) is 8.65. The minimum Gasteiger partial charge on any atom is -0.324 e. The maximum atomic E-state index is 12.4. The van der Waals surface area contributed by atoms with Crippen LogP contribution in [-0.2, 0) is 4.79 Å². The topological polar surface area (TPSA) is 55.1 Å². The first-order valence-electron chi connectivity index (χ1n) is 8.20. The molecule has 0 bridgehead atoms. The van der Waals surface area contributed by atoms with Gasteiger partial charge in [-0.3, -0.25) is 4.79 Å². The normalized spacial score (nSPS) is 12.6. The third-order valence-electron chi connectivity index (χ3n) is 4.07. The molecule has 0 aromatic heterocycles. The fourth-order valence-corrected chi connectivity index (χ4v) is 2.55. The molecule has 3 N–H and O–H groups in total. The number of allylic oxidation sites excluding steroid dienone is 2. The molecular weight excluding hydrogens is 332 g/mol. The minimum absolute atomic E-state index is 0.263. The number of hydrogen-bond donors (Lipinski definition) is 2. The highest BCUT2D eigenvalue weighted by Crippen LogP contribution is 2.21. The van der Waals surface area contributed by atoms with Gasteiger partial charge < -0.3 is 11.1 Å². The summed E-state index contributed by atoms with van der Waals surface area (Å²) in [6.07, 6.45) is 4.83. The molecule has 0 spiro atoms. The number of rotatable bonds is 6. The molecule has 25 heavy (non-hydrogen) atoms. The summed E-state index contributed by atoms with van der Waals surface area (Å²) < 4.78 is 0. The highest BCUT2D eigenvalue weighted by Gasteiger charge is 2.16. The van der Waals surface area contributed by atoms with E-state index in [1.807, 2.05) is 31.2 Å². The Bertz CT molecular complexity index is 794. The number of nitrogens with one attached hydrogen (secondary N) is 1. The summed E-state index contributed by atoms with van der Waals surface area (Å²) in [6, 6.07) is 12.0. The van der Waals surface area contributed by atoms with Crippen molar-refractivity contribution in [1.29, 1.82) is 0 Å². The molecule has 0 saturated carbocycles. The highest BCUT2D eigenvalue weighted by atomic mass is 35.5. The van der Waals surface area contributed by atoms with Crippen molar-refractivity contribution >= 4 is 29.3 Å². The first-order chi connectivity index (χ1) is 11.9. The van der Waals surface area contributed by atoms with E-state index >= 15 is 0 Å². The van der Waals surface area contributed by atoms with Crippen molar-refractivity contribution in [1.82, 2.24) is 0 Å². The smallest absolute Gasteiger partial charge is 0.245 e. The van der Waals surface area contributed by atoms with Gasteiger partial charge in [-0.1, -0.05) is 55.5 Å². The molecule has 0 aliphatic carbocycles. The summed E-state index contributed by atoms with van der Waals surface area (Å²) in [4.78, 5) is 12.4. The van der Waals surface area contributed by atoms with Gasteiger partial charge in [0, 0.05) is 10.7 Å². The summed E-state index contributed by atoms with van der Waals surface area (Å²) >= 11 is 5.87. The Morgan fingerprint density at radius 3 is 2.56 bits per heavy atom. The van der Waals surface area contributed by atoms with E-state index < -0.39 is 6.04 Å². The molecule has 130 valence electrons. The van der Waals surface area contributed by atoms with Crippen molar-refractivity contribution in [2.24, 2.45) is 5.73 Å². The van der Waals surface area contributed by atoms with E-state index in [4.69, 9.17) is 17.3 Å². The Hall–Kier alpha value is -2.36. The van der Waals surface area contributed by atoms with E-state index in [0.29, 0.717) is 16.3 Å². The van der Waals surface area contributed by atoms with Gasteiger partial charge in [0.25, 0.3) is 0 Å². The summed E-state index contributed by atoms with van der Waals surface area (Å²) in [6.45, 7) is 7.95. The Morgan fingerprint density at radius 1 is 1.28 bits per heavy atom. The predicted molar refractivity (Wildman–Crippen MR) is 107 cm³/mol. The average molecular weight is 355 g/mol. The molecule has 0 aliphatic heterocycles. The molecular formula is C21H23ClN2O. The fourth-order valence-electron chi connectivity index (χ4n) is 2.42. The number of carbonyl (C=O) groups is 1. The zero-order chi connectivity index (χ0) is 18.4. The largest absolute Gasteiger partial charge is 0.324 e. The van der Waals surface area contributed by atoms with Crippen LogP contribution in [0.4, 0.5) is 5.69 Å². The molecule has 0 aliphatic rings. The van der Waals surface area contributed by atoms with Gasteiger partial charge in [0.15, 0.2) is 0 Å². The third kappa shape index (κ3) is 5.05. The second-order valence-electron chi connectivity index (χ2n) is 5.87. The Balaban J connectivity index is 2.19. The van der Waals surface area contributed by atoms with Crippen molar-refractivity contribution in [2.75, 3.05) is 5.32 Å². The van der Waals surface area contributed by atoms with Gasteiger partial charge in [-0.15, -0.1) is 0 Å². The van der Waals surface area contributed by atoms with Gasteiger partial charge in [0.05, 0.1) is 0 Å². The number of aryl methyl sites for hydroxylation is 1. The first kappa shape index (κ1) is 19.0. The van der Waals surface area contributed by atoms with Gasteiger partial charge in [-0.05, 0) is 59.9 Å². The third-order valence-corrected chi connectivity index (χ3v) is 4.32. The monoisotopic (exact) mass is 354 g/mol. The molecule has 0 radical (unpaired) electrons. The van der Waals surface area contributed by atoms with Gasteiger partial charge in [-0.25, -0.2) is 0 Å². The van der Waals surface area contributed by atoms with Crippen LogP contribution in [0.3, 0.4) is 0 Å². The Labute approximate surface area is 154 Å². The Kier molecular flexibility index (Phi) is 6.57. The molecule has 1 amide bonds. The Morgan fingerprint density at radius 2 is 1.96 bits per heavy atom. The van der Waals surface area contributed by atoms with Crippen LogP contribution in [0.15, 0.2) is 60.7 Å². The standard InChI is InChI=1S/C21H23ClN2O/c1-4-15(5-2)12-17-13-19(11-6-14(17)3)24-21(25)20(23)16-7-9-18(22)10-8-16/h4,6-13,20H,1,5,23H2,2-3H3,(H,24,25)/b15-12+. The summed E-state index contributed by atoms with van der Waals surface area (Å²) in [5.74, 6) is -0.263. The van der Waals surface area contributed by atoms with Crippen LogP contribution in [0.1, 0.15) is 36.1 Å². The van der Waals surface area contributed by atoms with E-state index in [1.165, 1.54) is 0 Å². The molecule has 1 unspecified atom stereocenters. The second-order valence-corrected chi connectivity index (χ2v) is 6.30. The van der Waals surface area contributed by atoms with Crippen LogP contribution < -0.4 is 11.1 Å². The van der Waals surface area contributed by atoms with Crippen LogP contribution in [0.25, 0.3) is 6.08 Å². The summed E-state index contributed by atoms with van der Waals surface area (Å²) in [5.41, 5.74) is 10.8. The average Bonchev–Trinajstić information content (AvgIpc) is 2.62. The van der Waals surface area contributed by atoms with Crippen molar-refractivity contribution in [3.63, 3.8) is 0 Å². The molecule has 0 fully saturated rings. The van der Waals surface area contributed by atoms with E-state index in [0.717, 1.165) is 23.1 Å². The van der Waals surface area contributed by atoms with Gasteiger partial charge in [-0.2, -0.15) is 0 Å². The van der Waals surface area contributed by atoms with Crippen molar-refractivity contribution in [3.8, 4) is 0 Å². The minimum atomic E-state index is -0.753. The lowest BCUT2D eigenvalue weighted by molar-refractivity contribution is -0.117. The number of nitrogens with two attached hydrogens (primary N) is 1. The van der Waals surface area contributed by atoms with Crippen molar-refractivity contribution in [2.45, 2.75) is 26.3 Å². The molecule has 4 heteroatoms. The molecule has 3 nitrogen and oxygen atoms in total. The molecule has 0 saturated heterocycles. The van der Waals surface area contributed by atoms with Crippen LogP contribution >= 0.6 is 11.6 Å². The zero-order valence-corrected chi connectivity index (χ0v) is 15.3. The maximum Gasteiger partial charge on any atom is 0.245 e. The SMILES string of the molecule is C=C/C(=C\c1cc(NC(=O)C(N)c2ccc(Cl)cc2)ccc1C)CC. The van der Waals surface area contributed by atoms with Gasteiger partial charge in [0.2, 0.25) is 5.91 Å². The van der Waals surface area contributed by atoms with E-state index in [1.54, 1.807) is 24.3 Å². The van der Waals surface area contributed by atoms with Gasteiger partial charge in [0.1, 0.15) is 6.04 Å². The molecule has 2 aromatic rings. The van der Waals surface area contributed by atoms with Crippen molar-refractivity contribution < 1.29 is 4.79 Å². The van der Waals surface area contributed by atoms with Crippen LogP contribution in [0.5, 0.6) is 0 Å². The predicted octanol–water partition coefficient (Wildman–Crippen LogP) is 5.27. The van der Waals surface area contributed by atoms with E-state index in [-0.39, 0.29) is 5.91 Å². The first-order valence-corrected chi connectivity index (χ1v) is 8.58. The summed E-state index contributed by atoms with van der Waals surface area (Å²) in [7, 11) is 0. The fraction of sp³-hybridized carbons (Fsp3) is 0.190. The number of benzene rings is 2. The number of hydrogen-bond acceptors (Lipinski definition) is 2. The van der Waals surface area contributed by atoms with Gasteiger partial charge >= 0.3 is 0 Å². The van der Waals surface area contributed by atoms with E-state index in [2.05, 4.69) is 24.9 Å². The van der Waals surface area contributed by atoms with Crippen LogP contribution in [-0.4, -0.2) is 5.91 Å². The maximum absolute atomic E-state index is 12.4. The highest BCUT2D eigenvalue weighted by molar-refractivity contribution is 6.30. The molecule has 1 atom stereocenters. The zero-order valence-electron chi connectivity index (χ0n) is 14.6. The van der Waals surface area contributed by atoms with E-state index in [9.17, 15) is 4.79 Å². The number of anilines is 1. The van der Waals surface area contributed by atoms with Crippen LogP contribution in [0, 0.1) is 6.92 Å². The molecule has 2 rings (SSSR count). The lowest BCUT2D eigenvalue weighted by atomic mass is 10.0. The van der Waals surface area contributed by atoms with Crippen LogP contribution in [0.2, 0.25) is 5.02 Å². The molecule has 2 aromatic carbocycles. The van der Waals surface area contributed by atoms with Crippen molar-refractivity contribution in [3.05, 3.63) is 82.4 Å². The number of carbonyl (C=O) groups excluding carboxylic acids is 1.